The van der Waals surface area contributed by atoms with Gasteiger partial charge in [-0.15, -0.1) is 0 Å². The summed E-state index contributed by atoms with van der Waals surface area (Å²) in [6, 6.07) is 18.1. The van der Waals surface area contributed by atoms with Crippen LogP contribution in [0.4, 0.5) is 11.4 Å². The van der Waals surface area contributed by atoms with E-state index in [4.69, 9.17) is 9.73 Å². The highest BCUT2D eigenvalue weighted by atomic mass is 16.5. The third-order valence-electron chi connectivity index (χ3n) is 5.79. The van der Waals surface area contributed by atoms with Gasteiger partial charge in [0.2, 0.25) is 0 Å². The van der Waals surface area contributed by atoms with Crippen molar-refractivity contribution in [2.45, 2.75) is 19.8 Å². The topological polar surface area (TPSA) is 53.9 Å². The van der Waals surface area contributed by atoms with Gasteiger partial charge in [0.25, 0.3) is 0 Å². The molecule has 0 saturated carbocycles. The summed E-state index contributed by atoms with van der Waals surface area (Å²) >= 11 is 0. The molecule has 5 rings (SSSR count). The summed E-state index contributed by atoms with van der Waals surface area (Å²) < 4.78 is 6.28. The lowest BCUT2D eigenvalue weighted by atomic mass is 9.91. The molecule has 2 aliphatic rings. The van der Waals surface area contributed by atoms with Crippen molar-refractivity contribution >= 4 is 22.8 Å². The van der Waals surface area contributed by atoms with E-state index in [0.717, 1.165) is 58.4 Å². The van der Waals surface area contributed by atoms with E-state index < -0.39 is 0 Å². The molecule has 0 fully saturated rings. The van der Waals surface area contributed by atoms with Crippen LogP contribution in [-0.2, 0) is 0 Å². The number of allylic oxidation sites excluding steroid dienone is 3. The SMILES string of the molecule is C/C=C\N=C(C1=C(N2c3ccccc3Oc3ccccc32)C(c2ncccn2)=CCC1)N(C)C. The number of benzene rings is 2. The Hall–Kier alpha value is -4.19. The maximum absolute atomic E-state index is 6.28. The van der Waals surface area contributed by atoms with E-state index in [9.17, 15) is 0 Å². The van der Waals surface area contributed by atoms with Crippen LogP contribution >= 0.6 is 0 Å². The Bertz CT molecular complexity index is 1280. The van der Waals surface area contributed by atoms with Crippen molar-refractivity contribution in [2.75, 3.05) is 19.0 Å². The summed E-state index contributed by atoms with van der Waals surface area (Å²) in [5.41, 5.74) is 5.10. The third kappa shape index (κ3) is 3.88. The Morgan fingerprint density at radius 1 is 0.971 bits per heavy atom. The second kappa shape index (κ2) is 9.35. The summed E-state index contributed by atoms with van der Waals surface area (Å²) in [4.78, 5) is 18.4. The Balaban J connectivity index is 1.83. The Morgan fingerprint density at radius 3 is 2.24 bits per heavy atom. The minimum atomic E-state index is 0.695. The van der Waals surface area contributed by atoms with Crippen LogP contribution in [0.3, 0.4) is 0 Å². The van der Waals surface area contributed by atoms with Gasteiger partial charge in [0.15, 0.2) is 17.3 Å². The van der Waals surface area contributed by atoms with E-state index in [1.807, 2.05) is 75.8 Å². The fourth-order valence-electron chi connectivity index (χ4n) is 4.40. The van der Waals surface area contributed by atoms with Crippen molar-refractivity contribution in [3.8, 4) is 11.5 Å². The van der Waals surface area contributed by atoms with Gasteiger partial charge in [0.1, 0.15) is 5.84 Å². The van der Waals surface area contributed by atoms with Crippen LogP contribution in [0.1, 0.15) is 25.6 Å². The molecule has 1 aromatic heterocycles. The fourth-order valence-corrected chi connectivity index (χ4v) is 4.40. The number of likely N-dealkylation sites (N-methyl/N-ethyl adjacent to an activating group) is 1. The van der Waals surface area contributed by atoms with Crippen molar-refractivity contribution in [3.05, 3.63) is 102 Å². The Kier molecular flexibility index (Phi) is 5.95. The first-order valence-electron chi connectivity index (χ1n) is 11.4. The van der Waals surface area contributed by atoms with Crippen LogP contribution in [0.15, 0.2) is 102 Å². The van der Waals surface area contributed by atoms with Crippen LogP contribution < -0.4 is 9.64 Å². The predicted octanol–water partition coefficient (Wildman–Crippen LogP) is 6.35. The van der Waals surface area contributed by atoms with E-state index in [2.05, 4.69) is 38.0 Å². The molecule has 0 atom stereocenters. The number of hydrogen-bond acceptors (Lipinski definition) is 5. The number of rotatable bonds is 4. The number of fused-ring (bicyclic) bond motifs is 2. The molecule has 2 aromatic carbocycles. The molecule has 170 valence electrons. The molecular formula is C28H27N5O. The van der Waals surface area contributed by atoms with Gasteiger partial charge in [0.05, 0.1) is 17.1 Å². The number of hydrogen-bond donors (Lipinski definition) is 0. The molecule has 1 aliphatic carbocycles. The lowest BCUT2D eigenvalue weighted by molar-refractivity contribution is 0.476. The van der Waals surface area contributed by atoms with Gasteiger partial charge >= 0.3 is 0 Å². The second-order valence-electron chi connectivity index (χ2n) is 8.26. The standard InChI is InChI=1S/C28H27N5O/c1-4-17-31-28(32(2)3)21-12-9-11-20(27-29-18-10-19-30-27)26(21)33-22-13-5-7-15-24(22)34-25-16-8-6-14-23(25)33/h4-8,10-11,13-19H,9,12H2,1-3H3/b17-4-,31-28?. The number of aliphatic imine (C=N–C) groups is 1. The number of para-hydroxylation sites is 4. The van der Waals surface area contributed by atoms with E-state index in [1.54, 1.807) is 12.4 Å². The average Bonchev–Trinajstić information content (AvgIpc) is 2.88. The molecule has 1 aliphatic heterocycles. The van der Waals surface area contributed by atoms with Crippen molar-refractivity contribution in [2.24, 2.45) is 4.99 Å². The zero-order valence-electron chi connectivity index (χ0n) is 19.6. The van der Waals surface area contributed by atoms with Gasteiger partial charge in [-0.25, -0.2) is 15.0 Å². The van der Waals surface area contributed by atoms with E-state index >= 15 is 0 Å². The highest BCUT2D eigenvalue weighted by Crippen LogP contribution is 2.51. The molecule has 6 heteroatoms. The number of anilines is 2. The van der Waals surface area contributed by atoms with Crippen LogP contribution in [0.25, 0.3) is 5.57 Å². The number of amidine groups is 1. The van der Waals surface area contributed by atoms with Gasteiger partial charge in [-0.1, -0.05) is 36.4 Å². The molecule has 6 nitrogen and oxygen atoms in total. The van der Waals surface area contributed by atoms with Crippen molar-refractivity contribution < 1.29 is 4.74 Å². The van der Waals surface area contributed by atoms with Gasteiger partial charge < -0.3 is 14.5 Å². The summed E-state index contributed by atoms with van der Waals surface area (Å²) in [6.07, 6.45) is 11.3. The van der Waals surface area contributed by atoms with Gasteiger partial charge in [-0.2, -0.15) is 0 Å². The van der Waals surface area contributed by atoms with Crippen LogP contribution in [0.2, 0.25) is 0 Å². The van der Waals surface area contributed by atoms with Crippen molar-refractivity contribution in [1.29, 1.82) is 0 Å². The lowest BCUT2D eigenvalue weighted by Crippen LogP contribution is -2.31. The minimum Gasteiger partial charge on any atom is -0.453 e. The molecule has 0 bridgehead atoms. The molecule has 3 aromatic rings. The summed E-state index contributed by atoms with van der Waals surface area (Å²) in [5, 5.41) is 0. The van der Waals surface area contributed by atoms with Gasteiger partial charge in [0, 0.05) is 43.8 Å². The van der Waals surface area contributed by atoms with Crippen molar-refractivity contribution in [1.82, 2.24) is 14.9 Å². The largest absolute Gasteiger partial charge is 0.453 e. The first kappa shape index (κ1) is 21.6. The molecule has 0 N–H and O–H groups in total. The smallest absolute Gasteiger partial charge is 0.160 e. The normalized spacial score (nSPS) is 15.6. The Morgan fingerprint density at radius 2 is 1.62 bits per heavy atom. The predicted molar refractivity (Wildman–Crippen MR) is 137 cm³/mol. The van der Waals surface area contributed by atoms with Gasteiger partial charge in [-0.3, -0.25) is 0 Å². The first-order valence-corrected chi connectivity index (χ1v) is 11.4. The molecule has 34 heavy (non-hydrogen) atoms. The van der Waals surface area contributed by atoms with E-state index in [-0.39, 0.29) is 0 Å². The minimum absolute atomic E-state index is 0.695. The number of ether oxygens (including phenoxy) is 1. The van der Waals surface area contributed by atoms with Crippen molar-refractivity contribution in [3.63, 3.8) is 0 Å². The zero-order chi connectivity index (χ0) is 23.5. The van der Waals surface area contributed by atoms with Crippen LogP contribution in [-0.4, -0.2) is 34.8 Å². The fraction of sp³-hybridized carbons (Fsp3) is 0.179. The number of aromatic nitrogens is 2. The lowest BCUT2D eigenvalue weighted by Gasteiger charge is -2.38. The van der Waals surface area contributed by atoms with E-state index in [0.29, 0.717) is 5.82 Å². The third-order valence-corrected chi connectivity index (χ3v) is 5.79. The first-order chi connectivity index (χ1) is 16.7. The summed E-state index contributed by atoms with van der Waals surface area (Å²) in [7, 11) is 4.07. The highest BCUT2D eigenvalue weighted by molar-refractivity contribution is 6.05. The zero-order valence-corrected chi connectivity index (χ0v) is 19.6. The molecule has 0 spiro atoms. The summed E-state index contributed by atoms with van der Waals surface area (Å²) in [6.45, 7) is 1.98. The van der Waals surface area contributed by atoms with Gasteiger partial charge in [-0.05, 0) is 50.1 Å². The second-order valence-corrected chi connectivity index (χ2v) is 8.26. The molecule has 0 amide bonds. The highest BCUT2D eigenvalue weighted by Gasteiger charge is 2.34. The summed E-state index contributed by atoms with van der Waals surface area (Å²) in [5.74, 6) is 3.23. The Labute approximate surface area is 200 Å². The monoisotopic (exact) mass is 449 g/mol. The molecule has 0 saturated heterocycles. The van der Waals surface area contributed by atoms with Crippen LogP contribution in [0, 0.1) is 0 Å². The maximum atomic E-state index is 6.28. The van der Waals surface area contributed by atoms with Crippen LogP contribution in [0.5, 0.6) is 11.5 Å². The molecule has 0 unspecified atom stereocenters. The molecule has 0 radical (unpaired) electrons. The molecular weight excluding hydrogens is 422 g/mol. The number of nitrogens with zero attached hydrogens (tertiary/aromatic N) is 5. The van der Waals surface area contributed by atoms with E-state index in [1.165, 1.54) is 0 Å². The quantitative estimate of drug-likeness (QED) is 0.343. The maximum Gasteiger partial charge on any atom is 0.160 e. The average molecular weight is 450 g/mol. The molecule has 2 heterocycles.